The number of H-pyrrole nitrogens is 1. The smallest absolute Gasteiger partial charge is 0.251 e. The fourth-order valence-electron chi connectivity index (χ4n) is 2.39. The van der Waals surface area contributed by atoms with Gasteiger partial charge in [-0.25, -0.2) is 4.98 Å². The van der Waals surface area contributed by atoms with E-state index in [1.54, 1.807) is 0 Å². The number of ether oxygens (including phenoxy) is 1. The van der Waals surface area contributed by atoms with E-state index in [0.717, 1.165) is 0 Å². The van der Waals surface area contributed by atoms with Gasteiger partial charge in [0.1, 0.15) is 18.3 Å². The Hall–Kier alpha value is -0.930. The van der Waals surface area contributed by atoms with E-state index in [-0.39, 0.29) is 11.0 Å². The van der Waals surface area contributed by atoms with Crippen molar-refractivity contribution in [3.8, 4) is 0 Å². The van der Waals surface area contributed by atoms with Crippen molar-refractivity contribution in [3.63, 3.8) is 0 Å². The molecule has 2 rings (SSSR count). The van der Waals surface area contributed by atoms with Crippen LogP contribution in [0.5, 0.6) is 0 Å². The molecule has 7 nitrogen and oxygen atoms in total. The van der Waals surface area contributed by atoms with Gasteiger partial charge in [0.05, 0.1) is 12.2 Å². The van der Waals surface area contributed by atoms with Crippen molar-refractivity contribution in [2.24, 2.45) is 5.41 Å². The maximum atomic E-state index is 11.2. The van der Waals surface area contributed by atoms with Crippen LogP contribution in [0.15, 0.2) is 22.2 Å². The number of aromatic nitrogens is 2. The summed E-state index contributed by atoms with van der Waals surface area (Å²) in [5, 5.41) is 30.6. The number of rotatable bonds is 3. The predicted octanol–water partition coefficient (Wildman–Crippen LogP) is -0.242. The highest BCUT2D eigenvalue weighted by Crippen LogP contribution is 2.34. The predicted molar refractivity (Wildman–Crippen MR) is 81.7 cm³/mol. The summed E-state index contributed by atoms with van der Waals surface area (Å²) in [6.07, 6.45) is -3.48. The van der Waals surface area contributed by atoms with E-state index in [0.29, 0.717) is 10.9 Å². The lowest BCUT2D eigenvalue weighted by atomic mass is 9.80. The Morgan fingerprint density at radius 3 is 2.55 bits per heavy atom. The van der Waals surface area contributed by atoms with Gasteiger partial charge in [0, 0.05) is 18.0 Å². The van der Waals surface area contributed by atoms with Crippen LogP contribution in [0.4, 0.5) is 0 Å². The number of aliphatic hydroxyl groups excluding tert-OH is 3. The van der Waals surface area contributed by atoms with Crippen molar-refractivity contribution >= 4 is 11.8 Å². The summed E-state index contributed by atoms with van der Waals surface area (Å²) < 4.78 is 5.80. The van der Waals surface area contributed by atoms with Crippen molar-refractivity contribution in [1.82, 2.24) is 9.97 Å². The largest absolute Gasteiger partial charge is 0.388 e. The Bertz CT molecular complexity index is 559. The molecule has 1 aliphatic rings. The minimum Gasteiger partial charge on any atom is -0.388 e. The van der Waals surface area contributed by atoms with Crippen LogP contribution in [0.1, 0.15) is 20.8 Å². The number of nitrogens with one attached hydrogen (secondary N) is 1. The molecule has 0 aromatic carbocycles. The Labute approximate surface area is 132 Å². The molecule has 1 saturated heterocycles. The molecule has 0 spiro atoms. The van der Waals surface area contributed by atoms with Crippen molar-refractivity contribution in [2.45, 2.75) is 56.4 Å². The van der Waals surface area contributed by atoms with Crippen LogP contribution in [0.3, 0.4) is 0 Å². The number of thioether (sulfide) groups is 1. The normalized spacial score (nSPS) is 32.9. The molecule has 5 atom stereocenters. The highest BCUT2D eigenvalue weighted by atomic mass is 32.2. The van der Waals surface area contributed by atoms with Gasteiger partial charge in [-0.15, -0.1) is 0 Å². The summed E-state index contributed by atoms with van der Waals surface area (Å²) in [4.78, 5) is 17.8. The molecule has 1 aromatic rings. The molecule has 0 amide bonds. The molecule has 0 bridgehead atoms. The third kappa shape index (κ3) is 3.88. The summed E-state index contributed by atoms with van der Waals surface area (Å²) in [7, 11) is 0. The fourth-order valence-corrected chi connectivity index (χ4v) is 3.30. The topological polar surface area (TPSA) is 116 Å². The standard InChI is InChI=1S/C14H22N2O5S/c1-14(2,3)12-11(20)10(19)9(18)7(21-12)6-22-13-15-5-4-8(17)16-13/h4-5,7,9-12,18-20H,6H2,1-3H3,(H,15,16,17)/t7-,9-,10+,11-,12-/m1/s1. The van der Waals surface area contributed by atoms with Gasteiger partial charge in [0.15, 0.2) is 5.16 Å². The molecule has 124 valence electrons. The maximum absolute atomic E-state index is 11.2. The van der Waals surface area contributed by atoms with Crippen LogP contribution in [-0.2, 0) is 4.74 Å². The van der Waals surface area contributed by atoms with Crippen molar-refractivity contribution < 1.29 is 20.1 Å². The first-order valence-electron chi connectivity index (χ1n) is 7.08. The minimum absolute atomic E-state index is 0.259. The second-order valence-corrected chi connectivity index (χ2v) is 7.49. The van der Waals surface area contributed by atoms with Gasteiger partial charge in [-0.3, -0.25) is 4.79 Å². The molecule has 0 radical (unpaired) electrons. The van der Waals surface area contributed by atoms with E-state index in [1.807, 2.05) is 20.8 Å². The molecule has 8 heteroatoms. The Morgan fingerprint density at radius 1 is 1.27 bits per heavy atom. The van der Waals surface area contributed by atoms with Crippen LogP contribution >= 0.6 is 11.8 Å². The number of nitrogens with zero attached hydrogens (tertiary/aromatic N) is 1. The Kier molecular flexibility index (Phi) is 5.29. The average molecular weight is 330 g/mol. The van der Waals surface area contributed by atoms with E-state index >= 15 is 0 Å². The van der Waals surface area contributed by atoms with Crippen LogP contribution in [0, 0.1) is 5.41 Å². The first kappa shape index (κ1) is 17.4. The van der Waals surface area contributed by atoms with Crippen LogP contribution < -0.4 is 5.56 Å². The third-order valence-electron chi connectivity index (χ3n) is 3.60. The molecule has 4 N–H and O–H groups in total. The molecular formula is C14H22N2O5S. The number of aliphatic hydroxyl groups is 3. The van der Waals surface area contributed by atoms with E-state index in [4.69, 9.17) is 4.74 Å². The summed E-state index contributed by atoms with van der Waals surface area (Å²) >= 11 is 1.22. The van der Waals surface area contributed by atoms with Gasteiger partial charge >= 0.3 is 0 Å². The molecule has 1 fully saturated rings. The zero-order valence-electron chi connectivity index (χ0n) is 12.8. The summed E-state index contributed by atoms with van der Waals surface area (Å²) in [6.45, 7) is 5.68. The second-order valence-electron chi connectivity index (χ2n) is 6.48. The molecular weight excluding hydrogens is 308 g/mol. The average Bonchev–Trinajstić information content (AvgIpc) is 2.43. The van der Waals surface area contributed by atoms with Gasteiger partial charge in [-0.05, 0) is 5.41 Å². The van der Waals surface area contributed by atoms with Crippen molar-refractivity contribution in [1.29, 1.82) is 0 Å². The third-order valence-corrected chi connectivity index (χ3v) is 4.57. The lowest BCUT2D eigenvalue weighted by molar-refractivity contribution is -0.238. The maximum Gasteiger partial charge on any atom is 0.251 e. The molecule has 0 unspecified atom stereocenters. The van der Waals surface area contributed by atoms with E-state index in [9.17, 15) is 20.1 Å². The highest BCUT2D eigenvalue weighted by Gasteiger charge is 2.47. The SMILES string of the molecule is CC(C)(C)[C@@H]1O[C@H](CSc2nccc(=O)[nH]2)[C@@H](O)[C@H](O)[C@H]1O. The Balaban J connectivity index is 2.07. The van der Waals surface area contributed by atoms with Gasteiger partial charge < -0.3 is 25.0 Å². The minimum atomic E-state index is -1.27. The summed E-state index contributed by atoms with van der Waals surface area (Å²) in [5.74, 6) is 0.296. The molecule has 2 heterocycles. The molecule has 1 aromatic heterocycles. The van der Waals surface area contributed by atoms with Crippen LogP contribution in [-0.4, -0.2) is 61.6 Å². The van der Waals surface area contributed by atoms with Crippen LogP contribution in [0.2, 0.25) is 0 Å². The van der Waals surface area contributed by atoms with E-state index in [2.05, 4.69) is 9.97 Å². The van der Waals surface area contributed by atoms with Crippen molar-refractivity contribution in [2.75, 3.05) is 5.75 Å². The zero-order chi connectivity index (χ0) is 16.5. The van der Waals surface area contributed by atoms with Gasteiger partial charge in [-0.1, -0.05) is 32.5 Å². The van der Waals surface area contributed by atoms with Crippen molar-refractivity contribution in [3.05, 3.63) is 22.6 Å². The quantitative estimate of drug-likeness (QED) is 0.446. The lowest BCUT2D eigenvalue weighted by Crippen LogP contribution is -2.61. The van der Waals surface area contributed by atoms with Crippen LogP contribution in [0.25, 0.3) is 0 Å². The zero-order valence-corrected chi connectivity index (χ0v) is 13.6. The molecule has 0 aliphatic carbocycles. The fraction of sp³-hybridized carbons (Fsp3) is 0.714. The molecule has 1 aliphatic heterocycles. The van der Waals surface area contributed by atoms with Gasteiger partial charge in [-0.2, -0.15) is 0 Å². The van der Waals surface area contributed by atoms with Gasteiger partial charge in [0.2, 0.25) is 0 Å². The number of hydrogen-bond donors (Lipinski definition) is 4. The monoisotopic (exact) mass is 330 g/mol. The van der Waals surface area contributed by atoms with Gasteiger partial charge in [0.25, 0.3) is 5.56 Å². The second kappa shape index (κ2) is 6.67. The number of aromatic amines is 1. The summed E-state index contributed by atoms with van der Waals surface area (Å²) in [5.41, 5.74) is -0.645. The van der Waals surface area contributed by atoms with E-state index < -0.39 is 30.5 Å². The van der Waals surface area contributed by atoms with E-state index in [1.165, 1.54) is 24.0 Å². The molecule has 22 heavy (non-hydrogen) atoms. The highest BCUT2D eigenvalue weighted by molar-refractivity contribution is 7.99. The number of hydrogen-bond acceptors (Lipinski definition) is 7. The lowest BCUT2D eigenvalue weighted by Gasteiger charge is -2.45. The molecule has 0 saturated carbocycles. The first-order valence-corrected chi connectivity index (χ1v) is 8.06. The first-order chi connectivity index (χ1) is 10.2. The summed E-state index contributed by atoms with van der Waals surface area (Å²) in [6, 6.07) is 1.31. The Morgan fingerprint density at radius 2 is 1.95 bits per heavy atom.